The zero-order valence-corrected chi connectivity index (χ0v) is 11.6. The van der Waals surface area contributed by atoms with Gasteiger partial charge < -0.3 is 14.2 Å². The summed E-state index contributed by atoms with van der Waals surface area (Å²) in [6.45, 7) is 5.79. The Morgan fingerprint density at radius 1 is 0.944 bits per heavy atom. The molecule has 0 N–H and O–H groups in total. The van der Waals surface area contributed by atoms with Crippen molar-refractivity contribution < 1.29 is 19.0 Å². The molecule has 0 amide bonds. The van der Waals surface area contributed by atoms with E-state index in [0.717, 1.165) is 44.2 Å². The first-order chi connectivity index (χ1) is 8.81. The number of carbonyl (C=O) groups is 1. The van der Waals surface area contributed by atoms with Crippen LogP contribution in [0.1, 0.15) is 25.7 Å². The van der Waals surface area contributed by atoms with E-state index in [9.17, 15) is 4.79 Å². The van der Waals surface area contributed by atoms with Crippen LogP contribution in [0.3, 0.4) is 0 Å². The lowest BCUT2D eigenvalue weighted by atomic mass is 10.2. The third kappa shape index (κ3) is 13.5. The molecule has 0 aromatic carbocycles. The van der Waals surface area contributed by atoms with Crippen LogP contribution in [-0.2, 0) is 19.0 Å². The van der Waals surface area contributed by atoms with E-state index < -0.39 is 5.97 Å². The average Bonchev–Trinajstić information content (AvgIpc) is 2.39. The van der Waals surface area contributed by atoms with Gasteiger partial charge in [0.15, 0.2) is 0 Å². The molecule has 0 spiro atoms. The molecule has 0 aliphatic rings. The number of esters is 1. The number of ether oxygens (including phenoxy) is 3. The number of alkyl halides is 1. The molecule has 106 valence electrons. The fraction of sp³-hybridized carbons (Fsp3) is 0.769. The van der Waals surface area contributed by atoms with Crippen molar-refractivity contribution in [2.45, 2.75) is 25.7 Å². The summed E-state index contributed by atoms with van der Waals surface area (Å²) < 4.78 is 15.3. The maximum atomic E-state index is 10.7. The molecular weight excluding hydrogens is 256 g/mol. The summed E-state index contributed by atoms with van der Waals surface area (Å²) in [5.74, 6) is 0.317. The summed E-state index contributed by atoms with van der Waals surface area (Å²) in [6, 6.07) is 0. The highest BCUT2D eigenvalue weighted by molar-refractivity contribution is 6.17. The molecule has 0 bridgehead atoms. The van der Waals surface area contributed by atoms with Gasteiger partial charge in [-0.25, -0.2) is 4.79 Å². The molecule has 0 aliphatic heterocycles. The molecule has 0 unspecified atom stereocenters. The normalized spacial score (nSPS) is 10.3. The van der Waals surface area contributed by atoms with Crippen molar-refractivity contribution in [2.75, 3.05) is 38.9 Å². The van der Waals surface area contributed by atoms with E-state index in [1.54, 1.807) is 0 Å². The Morgan fingerprint density at radius 3 is 2.22 bits per heavy atom. The summed E-state index contributed by atoms with van der Waals surface area (Å²) in [4.78, 5) is 10.7. The monoisotopic (exact) mass is 278 g/mol. The first-order valence-electron chi connectivity index (χ1n) is 6.32. The van der Waals surface area contributed by atoms with E-state index in [-0.39, 0.29) is 6.61 Å². The van der Waals surface area contributed by atoms with Crippen LogP contribution in [0.5, 0.6) is 0 Å². The first kappa shape index (κ1) is 17.4. The quantitative estimate of drug-likeness (QED) is 0.225. The summed E-state index contributed by atoms with van der Waals surface area (Å²) in [6.07, 6.45) is 5.60. The maximum absolute atomic E-state index is 10.7. The van der Waals surface area contributed by atoms with Gasteiger partial charge in [0.25, 0.3) is 0 Å². The minimum absolute atomic E-state index is 0.253. The summed E-state index contributed by atoms with van der Waals surface area (Å²) in [7, 11) is 0. The van der Waals surface area contributed by atoms with E-state index in [2.05, 4.69) is 6.58 Å². The minimum atomic E-state index is -0.424. The lowest BCUT2D eigenvalue weighted by molar-refractivity contribution is -0.139. The Morgan fingerprint density at radius 2 is 1.56 bits per heavy atom. The van der Waals surface area contributed by atoms with Gasteiger partial charge in [-0.15, -0.1) is 11.6 Å². The van der Waals surface area contributed by atoms with E-state index in [1.165, 1.54) is 0 Å². The zero-order chi connectivity index (χ0) is 13.5. The molecule has 4 nitrogen and oxygen atoms in total. The highest BCUT2D eigenvalue weighted by Crippen LogP contribution is 2.00. The molecule has 0 heterocycles. The molecule has 5 heteroatoms. The van der Waals surface area contributed by atoms with Gasteiger partial charge in [-0.1, -0.05) is 19.4 Å². The maximum Gasteiger partial charge on any atom is 0.330 e. The molecule has 0 saturated heterocycles. The van der Waals surface area contributed by atoms with E-state index in [4.69, 9.17) is 25.8 Å². The Balaban J connectivity index is 2.98. The summed E-state index contributed by atoms with van der Waals surface area (Å²) in [5, 5.41) is 0. The van der Waals surface area contributed by atoms with Gasteiger partial charge in [-0.2, -0.15) is 0 Å². The molecule has 0 fully saturated rings. The third-order valence-electron chi connectivity index (χ3n) is 2.18. The van der Waals surface area contributed by atoms with E-state index in [1.807, 2.05) is 0 Å². The van der Waals surface area contributed by atoms with E-state index >= 15 is 0 Å². The topological polar surface area (TPSA) is 44.8 Å². The van der Waals surface area contributed by atoms with Crippen LogP contribution in [-0.4, -0.2) is 44.9 Å². The fourth-order valence-corrected chi connectivity index (χ4v) is 1.42. The van der Waals surface area contributed by atoms with Crippen LogP contribution in [0.4, 0.5) is 0 Å². The minimum Gasteiger partial charge on any atom is -0.460 e. The van der Waals surface area contributed by atoms with Crippen LogP contribution in [0.2, 0.25) is 0 Å². The predicted octanol–water partition coefficient (Wildman–Crippen LogP) is 2.55. The Hall–Kier alpha value is -0.580. The largest absolute Gasteiger partial charge is 0.460 e. The summed E-state index contributed by atoms with van der Waals surface area (Å²) >= 11 is 5.57. The second kappa shape index (κ2) is 14.5. The lowest BCUT2D eigenvalue weighted by Crippen LogP contribution is -2.11. The van der Waals surface area contributed by atoms with Gasteiger partial charge in [0.05, 0.1) is 19.8 Å². The SMILES string of the molecule is C=CC(=O)OCCOCCOCCCCCCCl. The standard InChI is InChI=1S/C13H23ClO4/c1-2-13(15)18-12-11-17-10-9-16-8-6-4-3-5-7-14/h2H,1,3-12H2. The highest BCUT2D eigenvalue weighted by atomic mass is 35.5. The van der Waals surface area contributed by atoms with Crippen molar-refractivity contribution in [3.8, 4) is 0 Å². The van der Waals surface area contributed by atoms with Crippen LogP contribution in [0, 0.1) is 0 Å². The average molecular weight is 279 g/mol. The Kier molecular flexibility index (Phi) is 14.0. The van der Waals surface area contributed by atoms with Crippen molar-refractivity contribution in [2.24, 2.45) is 0 Å². The Labute approximate surface area is 114 Å². The number of unbranched alkanes of at least 4 members (excludes halogenated alkanes) is 3. The van der Waals surface area contributed by atoms with Gasteiger partial charge in [0.2, 0.25) is 0 Å². The molecule has 0 radical (unpaired) electrons. The van der Waals surface area contributed by atoms with Crippen molar-refractivity contribution in [3.63, 3.8) is 0 Å². The van der Waals surface area contributed by atoms with Crippen molar-refractivity contribution in [1.82, 2.24) is 0 Å². The van der Waals surface area contributed by atoms with Gasteiger partial charge in [-0.05, 0) is 12.8 Å². The number of carbonyl (C=O) groups excluding carboxylic acids is 1. The second-order valence-corrected chi connectivity index (χ2v) is 4.08. The lowest BCUT2D eigenvalue weighted by Gasteiger charge is -2.06. The van der Waals surface area contributed by atoms with Crippen LogP contribution < -0.4 is 0 Å². The van der Waals surface area contributed by atoms with Crippen LogP contribution in [0.15, 0.2) is 12.7 Å². The molecule has 0 atom stereocenters. The number of rotatable bonds is 13. The summed E-state index contributed by atoms with van der Waals surface area (Å²) in [5.41, 5.74) is 0. The number of hydrogen-bond acceptors (Lipinski definition) is 4. The first-order valence-corrected chi connectivity index (χ1v) is 6.85. The molecule has 0 aliphatic carbocycles. The van der Waals surface area contributed by atoms with Crippen molar-refractivity contribution in [3.05, 3.63) is 12.7 Å². The van der Waals surface area contributed by atoms with Gasteiger partial charge in [0, 0.05) is 18.6 Å². The molecule has 0 rings (SSSR count). The van der Waals surface area contributed by atoms with Crippen LogP contribution in [0.25, 0.3) is 0 Å². The predicted molar refractivity (Wildman–Crippen MR) is 72.0 cm³/mol. The van der Waals surface area contributed by atoms with Crippen molar-refractivity contribution in [1.29, 1.82) is 0 Å². The number of hydrogen-bond donors (Lipinski definition) is 0. The van der Waals surface area contributed by atoms with Crippen LogP contribution >= 0.6 is 11.6 Å². The van der Waals surface area contributed by atoms with Crippen molar-refractivity contribution >= 4 is 17.6 Å². The smallest absolute Gasteiger partial charge is 0.330 e. The molecule has 0 saturated carbocycles. The highest BCUT2D eigenvalue weighted by Gasteiger charge is 1.95. The zero-order valence-electron chi connectivity index (χ0n) is 10.9. The fourth-order valence-electron chi connectivity index (χ4n) is 1.23. The second-order valence-electron chi connectivity index (χ2n) is 3.70. The third-order valence-corrected chi connectivity index (χ3v) is 2.45. The molecule has 0 aromatic heterocycles. The van der Waals surface area contributed by atoms with Gasteiger partial charge >= 0.3 is 5.97 Å². The Bertz CT molecular complexity index is 209. The molecule has 18 heavy (non-hydrogen) atoms. The number of halogens is 1. The van der Waals surface area contributed by atoms with Gasteiger partial charge in [0.1, 0.15) is 6.61 Å². The molecular formula is C13H23ClO4. The van der Waals surface area contributed by atoms with E-state index in [0.29, 0.717) is 19.8 Å². The van der Waals surface area contributed by atoms with Gasteiger partial charge in [-0.3, -0.25) is 0 Å². The molecule has 0 aromatic rings.